The zero-order valence-corrected chi connectivity index (χ0v) is 19.1. The Morgan fingerprint density at radius 2 is 1.88 bits per heavy atom. The standard InChI is InChI=1S/C26H29FN4O2/c1-3-29-9-11-30(12-10-29)24-15-23-20(14-22(24)27)25(32)21(16-31(23)19-7-8-19)26(33)28-18-6-4-5-17(2)13-18/h4-6,13-16,19H,3,7-12H2,1-2H3,(H,28,33). The Hall–Kier alpha value is -3.19. The van der Waals surface area contributed by atoms with E-state index in [-0.39, 0.29) is 17.0 Å². The van der Waals surface area contributed by atoms with Crippen molar-refractivity contribution in [2.45, 2.75) is 32.7 Å². The topological polar surface area (TPSA) is 57.6 Å². The first-order chi connectivity index (χ1) is 15.9. The number of aromatic nitrogens is 1. The smallest absolute Gasteiger partial charge is 0.261 e. The van der Waals surface area contributed by atoms with Crippen molar-refractivity contribution in [3.63, 3.8) is 0 Å². The van der Waals surface area contributed by atoms with Gasteiger partial charge in [-0.05, 0) is 56.1 Å². The molecule has 1 N–H and O–H groups in total. The molecule has 0 bridgehead atoms. The quantitative estimate of drug-likeness (QED) is 0.636. The number of amides is 1. The highest BCUT2D eigenvalue weighted by Gasteiger charge is 2.28. The Balaban J connectivity index is 1.55. The molecular formula is C26H29FN4O2. The van der Waals surface area contributed by atoms with Crippen molar-refractivity contribution >= 4 is 28.2 Å². The maximum atomic E-state index is 15.2. The number of carbonyl (C=O) groups excluding carboxylic acids is 1. The maximum absolute atomic E-state index is 15.2. The summed E-state index contributed by atoms with van der Waals surface area (Å²) in [5.74, 6) is -0.884. The normalized spacial score (nSPS) is 16.9. The molecule has 2 aliphatic rings. The fraction of sp³-hybridized carbons (Fsp3) is 0.385. The van der Waals surface area contributed by atoms with Crippen molar-refractivity contribution < 1.29 is 9.18 Å². The van der Waals surface area contributed by atoms with Crippen LogP contribution < -0.4 is 15.6 Å². The Morgan fingerprint density at radius 3 is 2.55 bits per heavy atom. The average molecular weight is 449 g/mol. The molecule has 0 atom stereocenters. The van der Waals surface area contributed by atoms with Gasteiger partial charge < -0.3 is 19.7 Å². The fourth-order valence-electron chi connectivity index (χ4n) is 4.64. The van der Waals surface area contributed by atoms with E-state index in [0.717, 1.165) is 51.1 Å². The highest BCUT2D eigenvalue weighted by Crippen LogP contribution is 2.38. The van der Waals surface area contributed by atoms with Crippen LogP contribution in [-0.4, -0.2) is 48.1 Å². The lowest BCUT2D eigenvalue weighted by molar-refractivity contribution is 0.102. The number of carbonyl (C=O) groups is 1. The molecule has 0 unspecified atom stereocenters. The predicted octanol–water partition coefficient (Wildman–Crippen LogP) is 4.18. The minimum atomic E-state index is -0.470. The molecule has 1 saturated heterocycles. The Bertz CT molecular complexity index is 1270. The van der Waals surface area contributed by atoms with Crippen LogP contribution in [0, 0.1) is 12.7 Å². The van der Waals surface area contributed by atoms with Crippen LogP contribution in [0.5, 0.6) is 0 Å². The molecule has 1 saturated carbocycles. The van der Waals surface area contributed by atoms with Crippen LogP contribution in [0.3, 0.4) is 0 Å². The Labute approximate surface area is 192 Å². The molecule has 0 radical (unpaired) electrons. The van der Waals surface area contributed by atoms with Crippen LogP contribution in [-0.2, 0) is 0 Å². The second-order valence-electron chi connectivity index (χ2n) is 9.08. The van der Waals surface area contributed by atoms with Gasteiger partial charge in [-0.1, -0.05) is 19.1 Å². The molecule has 1 aromatic heterocycles. The van der Waals surface area contributed by atoms with Gasteiger partial charge in [0.2, 0.25) is 5.43 Å². The summed E-state index contributed by atoms with van der Waals surface area (Å²) in [4.78, 5) is 30.7. The van der Waals surface area contributed by atoms with E-state index in [1.807, 2.05) is 29.7 Å². The molecule has 6 nitrogen and oxygen atoms in total. The minimum absolute atomic E-state index is 0.0413. The second kappa shape index (κ2) is 8.63. The molecule has 0 spiro atoms. The van der Waals surface area contributed by atoms with E-state index in [1.54, 1.807) is 18.3 Å². The van der Waals surface area contributed by atoms with Gasteiger partial charge in [-0.3, -0.25) is 9.59 Å². The first-order valence-corrected chi connectivity index (χ1v) is 11.7. The van der Waals surface area contributed by atoms with E-state index in [9.17, 15) is 9.59 Å². The highest BCUT2D eigenvalue weighted by molar-refractivity contribution is 6.06. The third kappa shape index (κ3) is 4.25. The maximum Gasteiger partial charge on any atom is 0.261 e. The number of hydrogen-bond donors (Lipinski definition) is 1. The number of likely N-dealkylation sites (N-methyl/N-ethyl adjacent to an activating group) is 1. The Morgan fingerprint density at radius 1 is 1.12 bits per heavy atom. The zero-order chi connectivity index (χ0) is 23.1. The van der Waals surface area contributed by atoms with Gasteiger partial charge in [0.1, 0.15) is 11.4 Å². The number of rotatable bonds is 5. The number of piperazine rings is 1. The second-order valence-corrected chi connectivity index (χ2v) is 9.08. The van der Waals surface area contributed by atoms with Crippen molar-refractivity contribution in [2.75, 3.05) is 42.9 Å². The zero-order valence-electron chi connectivity index (χ0n) is 19.1. The first kappa shape index (κ1) is 21.6. The number of anilines is 2. The molecule has 5 rings (SSSR count). The molecule has 1 aliphatic heterocycles. The summed E-state index contributed by atoms with van der Waals surface area (Å²) < 4.78 is 17.2. The van der Waals surface area contributed by atoms with Gasteiger partial charge in [0.25, 0.3) is 5.91 Å². The molecule has 33 heavy (non-hydrogen) atoms. The van der Waals surface area contributed by atoms with Gasteiger partial charge in [0, 0.05) is 49.5 Å². The number of aryl methyl sites for hydroxylation is 1. The molecule has 1 aliphatic carbocycles. The lowest BCUT2D eigenvalue weighted by Gasteiger charge is -2.35. The van der Waals surface area contributed by atoms with Crippen LogP contribution in [0.2, 0.25) is 0 Å². The highest BCUT2D eigenvalue weighted by atomic mass is 19.1. The van der Waals surface area contributed by atoms with E-state index in [1.165, 1.54) is 6.07 Å². The summed E-state index contributed by atoms with van der Waals surface area (Å²) in [5, 5.41) is 3.08. The fourth-order valence-corrected chi connectivity index (χ4v) is 4.64. The van der Waals surface area contributed by atoms with Crippen molar-refractivity contribution in [1.82, 2.24) is 9.47 Å². The van der Waals surface area contributed by atoms with Crippen LogP contribution in [0.25, 0.3) is 10.9 Å². The molecular weight excluding hydrogens is 419 g/mol. The monoisotopic (exact) mass is 448 g/mol. The number of nitrogens with one attached hydrogen (secondary N) is 1. The summed E-state index contributed by atoms with van der Waals surface area (Å²) >= 11 is 0. The van der Waals surface area contributed by atoms with Crippen molar-refractivity contribution in [1.29, 1.82) is 0 Å². The van der Waals surface area contributed by atoms with Crippen LogP contribution in [0.4, 0.5) is 15.8 Å². The number of hydrogen-bond acceptors (Lipinski definition) is 4. The van der Waals surface area contributed by atoms with E-state index in [2.05, 4.69) is 22.0 Å². The minimum Gasteiger partial charge on any atom is -0.367 e. The molecule has 3 aromatic rings. The lowest BCUT2D eigenvalue weighted by atomic mass is 10.1. The number of pyridine rings is 1. The van der Waals surface area contributed by atoms with E-state index < -0.39 is 17.2 Å². The largest absolute Gasteiger partial charge is 0.367 e. The van der Waals surface area contributed by atoms with Gasteiger partial charge in [0.05, 0.1) is 11.2 Å². The third-order valence-corrected chi connectivity index (χ3v) is 6.72. The first-order valence-electron chi connectivity index (χ1n) is 11.7. The van der Waals surface area contributed by atoms with Crippen molar-refractivity contribution in [3.8, 4) is 0 Å². The Kier molecular flexibility index (Phi) is 5.66. The van der Waals surface area contributed by atoms with Crippen LogP contribution in [0.15, 0.2) is 47.4 Å². The van der Waals surface area contributed by atoms with Gasteiger partial charge in [-0.2, -0.15) is 0 Å². The summed E-state index contributed by atoms with van der Waals surface area (Å²) in [7, 11) is 0. The third-order valence-electron chi connectivity index (χ3n) is 6.72. The number of benzene rings is 2. The molecule has 7 heteroatoms. The summed E-state index contributed by atoms with van der Waals surface area (Å²) in [5.41, 5.74) is 2.47. The van der Waals surface area contributed by atoms with E-state index in [4.69, 9.17) is 0 Å². The predicted molar refractivity (Wildman–Crippen MR) is 130 cm³/mol. The lowest BCUT2D eigenvalue weighted by Crippen LogP contribution is -2.46. The molecule has 2 heterocycles. The SMILES string of the molecule is CCN1CCN(c2cc3c(cc2F)c(=O)c(C(=O)Nc2cccc(C)c2)cn3C2CC2)CC1. The van der Waals surface area contributed by atoms with E-state index in [0.29, 0.717) is 16.9 Å². The van der Waals surface area contributed by atoms with E-state index >= 15 is 4.39 Å². The molecule has 172 valence electrons. The number of nitrogens with zero attached hydrogens (tertiary/aromatic N) is 3. The molecule has 1 amide bonds. The summed E-state index contributed by atoms with van der Waals surface area (Å²) in [6, 6.07) is 10.8. The van der Waals surface area contributed by atoms with Crippen LogP contribution >= 0.6 is 0 Å². The average Bonchev–Trinajstić information content (AvgIpc) is 3.65. The summed E-state index contributed by atoms with van der Waals surface area (Å²) in [6.07, 6.45) is 3.63. The number of halogens is 1. The van der Waals surface area contributed by atoms with Gasteiger partial charge in [-0.15, -0.1) is 0 Å². The van der Waals surface area contributed by atoms with Crippen LogP contribution in [0.1, 0.15) is 41.7 Å². The van der Waals surface area contributed by atoms with Gasteiger partial charge >= 0.3 is 0 Å². The van der Waals surface area contributed by atoms with Gasteiger partial charge in [-0.25, -0.2) is 4.39 Å². The molecule has 2 aromatic carbocycles. The number of fused-ring (bicyclic) bond motifs is 1. The van der Waals surface area contributed by atoms with Crippen molar-refractivity contribution in [2.24, 2.45) is 0 Å². The van der Waals surface area contributed by atoms with Gasteiger partial charge in [0.15, 0.2) is 0 Å². The summed E-state index contributed by atoms with van der Waals surface area (Å²) in [6.45, 7) is 8.34. The molecule has 2 fully saturated rings. The van der Waals surface area contributed by atoms with Crippen molar-refractivity contribution in [3.05, 3.63) is 69.8 Å².